The number of nitrogens with one attached hydrogen (secondary N) is 1. The fourth-order valence-corrected chi connectivity index (χ4v) is 3.60. The highest BCUT2D eigenvalue weighted by Crippen LogP contribution is 2.34. The first-order valence-corrected chi connectivity index (χ1v) is 7.89. The van der Waals surface area contributed by atoms with Gasteiger partial charge < -0.3 is 4.98 Å². The molecule has 1 heterocycles. The van der Waals surface area contributed by atoms with Gasteiger partial charge in [0.05, 0.1) is 5.52 Å². The number of rotatable bonds is 1. The van der Waals surface area contributed by atoms with Crippen LogP contribution in [0.2, 0.25) is 0 Å². The molecule has 5 heteroatoms. The minimum absolute atomic E-state index is 0.0721. The van der Waals surface area contributed by atoms with E-state index >= 15 is 0 Å². The molecule has 4 rings (SSSR count). The van der Waals surface area contributed by atoms with Crippen LogP contribution in [0.15, 0.2) is 59.5 Å². The number of hydrogen-bond donors (Lipinski definition) is 2. The van der Waals surface area contributed by atoms with Crippen molar-refractivity contribution in [3.8, 4) is 0 Å². The maximum Gasteiger partial charge on any atom is 0.295 e. The van der Waals surface area contributed by atoms with Crippen LogP contribution in [0.3, 0.4) is 0 Å². The first-order valence-electron chi connectivity index (χ1n) is 6.45. The zero-order valence-electron chi connectivity index (χ0n) is 10.9. The van der Waals surface area contributed by atoms with Gasteiger partial charge in [-0.2, -0.15) is 8.42 Å². The zero-order valence-corrected chi connectivity index (χ0v) is 11.7. The molecule has 0 amide bonds. The van der Waals surface area contributed by atoms with E-state index in [0.29, 0.717) is 5.39 Å². The van der Waals surface area contributed by atoms with Crippen molar-refractivity contribution in [1.29, 1.82) is 0 Å². The molecule has 2 N–H and O–H groups in total. The van der Waals surface area contributed by atoms with Gasteiger partial charge in [-0.15, -0.1) is 0 Å². The van der Waals surface area contributed by atoms with Gasteiger partial charge in [0.15, 0.2) is 0 Å². The van der Waals surface area contributed by atoms with Crippen molar-refractivity contribution in [3.63, 3.8) is 0 Å². The molecule has 0 saturated carbocycles. The van der Waals surface area contributed by atoms with Crippen molar-refractivity contribution in [2.45, 2.75) is 4.90 Å². The van der Waals surface area contributed by atoms with Crippen molar-refractivity contribution < 1.29 is 13.0 Å². The van der Waals surface area contributed by atoms with Crippen molar-refractivity contribution in [2.24, 2.45) is 0 Å². The Balaban J connectivity index is 2.33. The average Bonchev–Trinajstić information content (AvgIpc) is 2.84. The van der Waals surface area contributed by atoms with Gasteiger partial charge in [-0.1, -0.05) is 42.5 Å². The zero-order chi connectivity index (χ0) is 14.6. The summed E-state index contributed by atoms with van der Waals surface area (Å²) in [5.41, 5.74) is 1.66. The molecule has 0 bridgehead atoms. The Kier molecular flexibility index (Phi) is 2.40. The third kappa shape index (κ3) is 1.75. The molecule has 0 fully saturated rings. The van der Waals surface area contributed by atoms with Crippen LogP contribution in [0.4, 0.5) is 0 Å². The van der Waals surface area contributed by atoms with Crippen molar-refractivity contribution in [2.75, 3.05) is 0 Å². The van der Waals surface area contributed by atoms with Crippen molar-refractivity contribution >= 4 is 42.7 Å². The molecule has 0 spiro atoms. The summed E-state index contributed by atoms with van der Waals surface area (Å²) in [5.74, 6) is 0. The Hall–Kier alpha value is -2.37. The lowest BCUT2D eigenvalue weighted by Gasteiger charge is -2.05. The Morgan fingerprint density at radius 3 is 2.48 bits per heavy atom. The third-order valence-electron chi connectivity index (χ3n) is 3.76. The summed E-state index contributed by atoms with van der Waals surface area (Å²) in [6.07, 6.45) is 0. The first-order chi connectivity index (χ1) is 10.1. The first kappa shape index (κ1) is 12.4. The van der Waals surface area contributed by atoms with Crippen LogP contribution < -0.4 is 0 Å². The number of H-pyrrole nitrogens is 1. The molecule has 21 heavy (non-hydrogen) atoms. The summed E-state index contributed by atoms with van der Waals surface area (Å²) in [6, 6.07) is 16.5. The molecule has 3 aromatic carbocycles. The number of hydrogen-bond acceptors (Lipinski definition) is 2. The number of aromatic nitrogens is 1. The Labute approximate surface area is 120 Å². The SMILES string of the molecule is O=S(=O)(O)c1cccc2ccc3c4ccccc4[nH]c3c12. The number of fused-ring (bicyclic) bond motifs is 5. The van der Waals surface area contributed by atoms with E-state index in [2.05, 4.69) is 4.98 Å². The lowest BCUT2D eigenvalue weighted by atomic mass is 10.1. The van der Waals surface area contributed by atoms with E-state index in [-0.39, 0.29) is 4.90 Å². The second kappa shape index (κ2) is 4.07. The largest absolute Gasteiger partial charge is 0.354 e. The minimum atomic E-state index is -4.28. The van der Waals surface area contributed by atoms with Gasteiger partial charge in [0.25, 0.3) is 10.1 Å². The van der Waals surface area contributed by atoms with Crippen LogP contribution in [0, 0.1) is 0 Å². The summed E-state index contributed by atoms with van der Waals surface area (Å²) in [6.45, 7) is 0. The second-order valence-corrected chi connectivity index (χ2v) is 6.38. The minimum Gasteiger partial charge on any atom is -0.354 e. The van der Waals surface area contributed by atoms with Gasteiger partial charge in [0.2, 0.25) is 0 Å². The number of para-hydroxylation sites is 1. The van der Waals surface area contributed by atoms with Crippen LogP contribution >= 0.6 is 0 Å². The molecule has 0 aliphatic carbocycles. The summed E-state index contributed by atoms with van der Waals surface area (Å²) in [7, 11) is -4.28. The van der Waals surface area contributed by atoms with Crippen molar-refractivity contribution in [1.82, 2.24) is 4.98 Å². The fraction of sp³-hybridized carbons (Fsp3) is 0. The smallest absolute Gasteiger partial charge is 0.295 e. The Bertz CT molecular complexity index is 1110. The van der Waals surface area contributed by atoms with E-state index in [1.54, 1.807) is 6.07 Å². The lowest BCUT2D eigenvalue weighted by Crippen LogP contribution is -1.99. The summed E-state index contributed by atoms with van der Waals surface area (Å²) >= 11 is 0. The molecular formula is C16H11NO3S. The van der Waals surface area contributed by atoms with Gasteiger partial charge in [0.1, 0.15) is 4.90 Å². The molecule has 0 aliphatic rings. The standard InChI is InChI=1S/C16H11NO3S/c18-21(19,20)14-7-3-4-10-8-9-12-11-5-1-2-6-13(11)17-16(12)15(10)14/h1-9,17H,(H,18,19,20). The van der Waals surface area contributed by atoms with Gasteiger partial charge in [-0.25, -0.2) is 0 Å². The highest BCUT2D eigenvalue weighted by atomic mass is 32.2. The van der Waals surface area contributed by atoms with Gasteiger partial charge in [-0.05, 0) is 17.5 Å². The molecule has 1 aromatic heterocycles. The molecular weight excluding hydrogens is 286 g/mol. The van der Waals surface area contributed by atoms with Crippen LogP contribution in [0.5, 0.6) is 0 Å². The van der Waals surface area contributed by atoms with Crippen LogP contribution in [0.1, 0.15) is 0 Å². The molecule has 0 aliphatic heterocycles. The van der Waals surface area contributed by atoms with Gasteiger partial charge in [-0.3, -0.25) is 4.55 Å². The van der Waals surface area contributed by atoms with Crippen LogP contribution in [-0.2, 0) is 10.1 Å². The van der Waals surface area contributed by atoms with Gasteiger partial charge in [0, 0.05) is 21.7 Å². The monoisotopic (exact) mass is 297 g/mol. The average molecular weight is 297 g/mol. The number of aromatic amines is 1. The van der Waals surface area contributed by atoms with Crippen LogP contribution in [-0.4, -0.2) is 18.0 Å². The number of benzene rings is 3. The molecule has 0 radical (unpaired) electrons. The van der Waals surface area contributed by atoms with E-state index in [1.165, 1.54) is 6.07 Å². The maximum atomic E-state index is 11.6. The molecule has 0 saturated heterocycles. The second-order valence-electron chi connectivity index (χ2n) is 4.99. The van der Waals surface area contributed by atoms with E-state index in [9.17, 15) is 13.0 Å². The third-order valence-corrected chi connectivity index (χ3v) is 4.66. The normalized spacial score (nSPS) is 12.4. The predicted molar refractivity (Wildman–Crippen MR) is 83.1 cm³/mol. The van der Waals surface area contributed by atoms with E-state index in [4.69, 9.17) is 0 Å². The van der Waals surface area contributed by atoms with E-state index in [0.717, 1.165) is 27.2 Å². The lowest BCUT2D eigenvalue weighted by molar-refractivity contribution is 0.484. The fourth-order valence-electron chi connectivity index (χ4n) is 2.88. The Morgan fingerprint density at radius 1 is 0.857 bits per heavy atom. The summed E-state index contributed by atoms with van der Waals surface area (Å²) in [5, 5.41) is 3.26. The summed E-state index contributed by atoms with van der Waals surface area (Å²) in [4.78, 5) is 3.19. The molecule has 4 nitrogen and oxygen atoms in total. The van der Waals surface area contributed by atoms with E-state index < -0.39 is 10.1 Å². The molecule has 104 valence electrons. The maximum absolute atomic E-state index is 11.6. The molecule has 4 aromatic rings. The highest BCUT2D eigenvalue weighted by molar-refractivity contribution is 7.86. The highest BCUT2D eigenvalue weighted by Gasteiger charge is 2.17. The Morgan fingerprint density at radius 2 is 1.67 bits per heavy atom. The van der Waals surface area contributed by atoms with Gasteiger partial charge >= 0.3 is 0 Å². The quantitative estimate of drug-likeness (QED) is 0.526. The predicted octanol–water partition coefficient (Wildman–Crippen LogP) is 3.72. The van der Waals surface area contributed by atoms with Crippen LogP contribution in [0.25, 0.3) is 32.6 Å². The summed E-state index contributed by atoms with van der Waals surface area (Å²) < 4.78 is 32.8. The topological polar surface area (TPSA) is 70.2 Å². The molecule has 0 atom stereocenters. The molecule has 0 unspecified atom stereocenters. The van der Waals surface area contributed by atoms with E-state index in [1.807, 2.05) is 42.5 Å². The van der Waals surface area contributed by atoms with Crippen molar-refractivity contribution in [3.05, 3.63) is 54.6 Å².